The predicted octanol–water partition coefficient (Wildman–Crippen LogP) is 1.78. The number of hydrogen-bond acceptors (Lipinski definition) is 3. The Kier molecular flexibility index (Phi) is 3.66. The Morgan fingerprint density at radius 1 is 1.27 bits per heavy atom. The van der Waals surface area contributed by atoms with Gasteiger partial charge in [-0.1, -0.05) is 30.3 Å². The van der Waals surface area contributed by atoms with E-state index in [1.54, 1.807) is 13.1 Å². The van der Waals surface area contributed by atoms with Crippen LogP contribution in [0.2, 0.25) is 0 Å². The highest BCUT2D eigenvalue weighted by atomic mass is 16.4. The lowest BCUT2D eigenvalue weighted by Gasteiger charge is -2.21. The fourth-order valence-electron chi connectivity index (χ4n) is 2.83. The van der Waals surface area contributed by atoms with Crippen LogP contribution in [0.1, 0.15) is 23.3 Å². The van der Waals surface area contributed by atoms with Crippen molar-refractivity contribution in [2.24, 2.45) is 7.05 Å². The van der Waals surface area contributed by atoms with Gasteiger partial charge in [0.1, 0.15) is 11.7 Å². The fourth-order valence-corrected chi connectivity index (χ4v) is 2.83. The number of aliphatic carboxylic acids is 1. The maximum atomic E-state index is 12.6. The van der Waals surface area contributed by atoms with Crippen LogP contribution in [0, 0.1) is 0 Å². The second-order valence-electron chi connectivity index (χ2n) is 5.40. The number of carbonyl (C=O) groups excluding carboxylic acids is 1. The second-order valence-corrected chi connectivity index (χ2v) is 5.40. The molecule has 3 rings (SSSR count). The van der Waals surface area contributed by atoms with Crippen LogP contribution in [0.25, 0.3) is 11.3 Å². The molecule has 0 spiro atoms. The van der Waals surface area contributed by atoms with Gasteiger partial charge < -0.3 is 10.0 Å². The number of hydrogen-bond donors (Lipinski definition) is 1. The minimum atomic E-state index is -0.948. The number of aryl methyl sites for hydroxylation is 1. The lowest BCUT2D eigenvalue weighted by molar-refractivity contribution is -0.141. The molecule has 0 saturated carbocycles. The van der Waals surface area contributed by atoms with Crippen molar-refractivity contribution in [1.82, 2.24) is 14.7 Å². The Bertz CT molecular complexity index is 709. The van der Waals surface area contributed by atoms with Gasteiger partial charge in [-0.2, -0.15) is 5.10 Å². The number of rotatable bonds is 3. The standard InChI is InChI=1S/C16H17N3O3/c1-18-14(10-12(17-18)11-6-3-2-4-7-11)15(20)19-9-5-8-13(19)16(21)22/h2-4,6-7,10,13H,5,8-9H2,1H3,(H,21,22). The molecule has 6 heteroatoms. The first-order chi connectivity index (χ1) is 10.6. The zero-order valence-electron chi connectivity index (χ0n) is 12.3. The summed E-state index contributed by atoms with van der Waals surface area (Å²) in [5.74, 6) is -1.22. The molecule has 6 nitrogen and oxygen atoms in total. The molecule has 1 unspecified atom stereocenters. The molecular formula is C16H17N3O3. The molecule has 0 aliphatic carbocycles. The van der Waals surface area contributed by atoms with Crippen molar-refractivity contribution in [2.75, 3.05) is 6.54 Å². The molecule has 0 radical (unpaired) electrons. The van der Waals surface area contributed by atoms with Gasteiger partial charge in [0.2, 0.25) is 0 Å². The number of carboxylic acids is 1. The first-order valence-electron chi connectivity index (χ1n) is 7.21. The molecule has 2 heterocycles. The summed E-state index contributed by atoms with van der Waals surface area (Å²) in [6, 6.07) is 10.6. The van der Waals surface area contributed by atoms with Gasteiger partial charge in [0.25, 0.3) is 5.91 Å². The summed E-state index contributed by atoms with van der Waals surface area (Å²) in [7, 11) is 1.70. The Balaban J connectivity index is 1.91. The third-order valence-electron chi connectivity index (χ3n) is 3.97. The van der Waals surface area contributed by atoms with Gasteiger partial charge in [-0.3, -0.25) is 9.48 Å². The highest BCUT2D eigenvalue weighted by molar-refractivity contribution is 5.96. The van der Waals surface area contributed by atoms with Crippen molar-refractivity contribution in [1.29, 1.82) is 0 Å². The van der Waals surface area contributed by atoms with Crippen molar-refractivity contribution >= 4 is 11.9 Å². The van der Waals surface area contributed by atoms with Crippen LogP contribution in [-0.4, -0.2) is 44.3 Å². The monoisotopic (exact) mass is 299 g/mol. The maximum absolute atomic E-state index is 12.6. The molecule has 1 atom stereocenters. The van der Waals surface area contributed by atoms with Gasteiger partial charge in [0.05, 0.1) is 5.69 Å². The molecular weight excluding hydrogens is 282 g/mol. The van der Waals surface area contributed by atoms with Gasteiger partial charge in [-0.25, -0.2) is 4.79 Å². The van der Waals surface area contributed by atoms with E-state index in [0.29, 0.717) is 30.8 Å². The summed E-state index contributed by atoms with van der Waals surface area (Å²) >= 11 is 0. The van der Waals surface area contributed by atoms with Crippen LogP contribution in [0.15, 0.2) is 36.4 Å². The first kappa shape index (κ1) is 14.3. The van der Waals surface area contributed by atoms with E-state index in [0.717, 1.165) is 5.56 Å². The molecule has 22 heavy (non-hydrogen) atoms. The number of benzene rings is 1. The largest absolute Gasteiger partial charge is 0.480 e. The third-order valence-corrected chi connectivity index (χ3v) is 3.97. The topological polar surface area (TPSA) is 75.4 Å². The molecule has 114 valence electrons. The second kappa shape index (κ2) is 5.63. The molecule has 1 aliphatic heterocycles. The van der Waals surface area contributed by atoms with Crippen LogP contribution in [0.3, 0.4) is 0 Å². The minimum Gasteiger partial charge on any atom is -0.480 e. The Morgan fingerprint density at radius 3 is 2.68 bits per heavy atom. The average Bonchev–Trinajstić information content (AvgIpc) is 3.14. The number of amides is 1. The molecule has 1 fully saturated rings. The van der Waals surface area contributed by atoms with Gasteiger partial charge in [-0.15, -0.1) is 0 Å². The van der Waals surface area contributed by atoms with Crippen molar-refractivity contribution in [3.8, 4) is 11.3 Å². The van der Waals surface area contributed by atoms with E-state index in [9.17, 15) is 14.7 Å². The van der Waals surface area contributed by atoms with Crippen molar-refractivity contribution in [3.63, 3.8) is 0 Å². The van der Waals surface area contributed by atoms with E-state index in [4.69, 9.17) is 0 Å². The van der Waals surface area contributed by atoms with Crippen molar-refractivity contribution in [2.45, 2.75) is 18.9 Å². The summed E-state index contributed by atoms with van der Waals surface area (Å²) < 4.78 is 1.52. The molecule has 0 bridgehead atoms. The lowest BCUT2D eigenvalue weighted by Crippen LogP contribution is -2.41. The zero-order valence-corrected chi connectivity index (χ0v) is 12.3. The van der Waals surface area contributed by atoms with E-state index < -0.39 is 12.0 Å². The van der Waals surface area contributed by atoms with Crippen molar-refractivity contribution in [3.05, 3.63) is 42.1 Å². The summed E-state index contributed by atoms with van der Waals surface area (Å²) in [5, 5.41) is 13.6. The minimum absolute atomic E-state index is 0.276. The highest BCUT2D eigenvalue weighted by Crippen LogP contribution is 2.23. The first-order valence-corrected chi connectivity index (χ1v) is 7.21. The van der Waals surface area contributed by atoms with Crippen LogP contribution in [0.5, 0.6) is 0 Å². The van der Waals surface area contributed by atoms with Gasteiger partial charge >= 0.3 is 5.97 Å². The Hall–Kier alpha value is -2.63. The molecule has 1 amide bonds. The molecule has 1 aliphatic rings. The Labute approximate surface area is 128 Å². The quantitative estimate of drug-likeness (QED) is 0.937. The van der Waals surface area contributed by atoms with Crippen LogP contribution < -0.4 is 0 Å². The number of carboxylic acid groups (broad SMARTS) is 1. The summed E-state index contributed by atoms with van der Waals surface area (Å²) in [4.78, 5) is 25.3. The lowest BCUT2D eigenvalue weighted by atomic mass is 10.1. The van der Waals surface area contributed by atoms with E-state index in [1.165, 1.54) is 9.58 Å². The average molecular weight is 299 g/mol. The van der Waals surface area contributed by atoms with E-state index in [1.807, 2.05) is 30.3 Å². The summed E-state index contributed by atoms with van der Waals surface area (Å²) in [5.41, 5.74) is 2.04. The number of carbonyl (C=O) groups is 2. The number of nitrogens with zero attached hydrogens (tertiary/aromatic N) is 3. The van der Waals surface area contributed by atoms with Crippen molar-refractivity contribution < 1.29 is 14.7 Å². The fraction of sp³-hybridized carbons (Fsp3) is 0.312. The molecule has 1 N–H and O–H groups in total. The predicted molar refractivity (Wildman–Crippen MR) is 80.3 cm³/mol. The van der Waals surface area contributed by atoms with Crippen LogP contribution >= 0.6 is 0 Å². The SMILES string of the molecule is Cn1nc(-c2ccccc2)cc1C(=O)N1CCCC1C(=O)O. The van der Waals surface area contributed by atoms with E-state index >= 15 is 0 Å². The highest BCUT2D eigenvalue weighted by Gasteiger charge is 2.35. The zero-order chi connectivity index (χ0) is 15.7. The molecule has 2 aromatic rings. The number of likely N-dealkylation sites (tertiary alicyclic amines) is 1. The van der Waals surface area contributed by atoms with Gasteiger partial charge in [-0.05, 0) is 18.9 Å². The summed E-state index contributed by atoms with van der Waals surface area (Å²) in [6.45, 7) is 0.474. The molecule has 1 aromatic carbocycles. The Morgan fingerprint density at radius 2 is 2.00 bits per heavy atom. The smallest absolute Gasteiger partial charge is 0.326 e. The third kappa shape index (κ3) is 2.47. The van der Waals surface area contributed by atoms with Gasteiger partial charge in [0.15, 0.2) is 0 Å². The number of aromatic nitrogens is 2. The van der Waals surface area contributed by atoms with Gasteiger partial charge in [0, 0.05) is 19.2 Å². The maximum Gasteiger partial charge on any atom is 0.326 e. The van der Waals surface area contributed by atoms with E-state index in [2.05, 4.69) is 5.10 Å². The van der Waals surface area contributed by atoms with Crippen LogP contribution in [-0.2, 0) is 11.8 Å². The molecule has 1 saturated heterocycles. The van der Waals surface area contributed by atoms with Crippen LogP contribution in [0.4, 0.5) is 0 Å². The molecule has 1 aromatic heterocycles. The van der Waals surface area contributed by atoms with E-state index in [-0.39, 0.29) is 5.91 Å². The normalized spacial score (nSPS) is 17.7. The summed E-state index contributed by atoms with van der Waals surface area (Å²) in [6.07, 6.45) is 1.22.